The third-order valence-corrected chi connectivity index (χ3v) is 2.95. The first-order valence-electron chi connectivity index (χ1n) is 6.25. The zero-order valence-corrected chi connectivity index (χ0v) is 11.9. The summed E-state index contributed by atoms with van der Waals surface area (Å²) in [6.07, 6.45) is 2.48. The van der Waals surface area contributed by atoms with E-state index in [-0.39, 0.29) is 18.6 Å². The van der Waals surface area contributed by atoms with E-state index in [4.69, 9.17) is 11.6 Å². The Hall–Kier alpha value is -1.00. The molecule has 0 saturated carbocycles. The number of hydrogen-bond donors (Lipinski definition) is 2. The van der Waals surface area contributed by atoms with E-state index in [2.05, 4.69) is 19.2 Å². The molecule has 1 rings (SSSR count). The minimum Gasteiger partial charge on any atom is -0.394 e. The highest BCUT2D eigenvalue weighted by Gasteiger charge is 2.17. The molecule has 102 valence electrons. The van der Waals surface area contributed by atoms with Crippen molar-refractivity contribution in [3.05, 3.63) is 23.0 Å². The Morgan fingerprint density at radius 1 is 1.56 bits per heavy atom. The lowest BCUT2D eigenvalue weighted by atomic mass is 10.0. The number of aliphatic hydroxyl groups excluding tert-OH is 1. The third kappa shape index (κ3) is 4.03. The zero-order valence-electron chi connectivity index (χ0n) is 11.1. The van der Waals surface area contributed by atoms with Crippen LogP contribution in [-0.2, 0) is 6.54 Å². The van der Waals surface area contributed by atoms with Gasteiger partial charge in [0.1, 0.15) is 5.69 Å². The van der Waals surface area contributed by atoms with Gasteiger partial charge < -0.3 is 15.0 Å². The van der Waals surface area contributed by atoms with E-state index in [1.807, 2.05) is 6.92 Å². The van der Waals surface area contributed by atoms with Gasteiger partial charge in [-0.1, -0.05) is 25.4 Å². The number of hydrogen-bond acceptors (Lipinski definition) is 2. The summed E-state index contributed by atoms with van der Waals surface area (Å²) in [6, 6.07) is 1.43. The Morgan fingerprint density at radius 2 is 2.22 bits per heavy atom. The van der Waals surface area contributed by atoms with Crippen LogP contribution in [-0.4, -0.2) is 28.2 Å². The van der Waals surface area contributed by atoms with E-state index in [0.717, 1.165) is 6.42 Å². The number of amides is 1. The molecular weight excluding hydrogens is 252 g/mol. The number of aromatic nitrogens is 1. The molecule has 5 heteroatoms. The van der Waals surface area contributed by atoms with E-state index in [1.165, 1.54) is 0 Å². The molecule has 0 radical (unpaired) electrons. The number of carbonyl (C=O) groups excluding carboxylic acids is 1. The third-order valence-electron chi connectivity index (χ3n) is 2.75. The largest absolute Gasteiger partial charge is 0.394 e. The molecule has 1 unspecified atom stereocenters. The van der Waals surface area contributed by atoms with Gasteiger partial charge in [-0.3, -0.25) is 4.79 Å². The standard InChI is InChI=1S/C13H21ClN2O2/c1-4-16-7-10(14)6-12(16)13(18)15-11(8-17)5-9(2)3/h6-7,9,11,17H,4-5,8H2,1-3H3,(H,15,18). The molecule has 1 amide bonds. The van der Waals surface area contributed by atoms with Gasteiger partial charge >= 0.3 is 0 Å². The fourth-order valence-electron chi connectivity index (χ4n) is 1.93. The smallest absolute Gasteiger partial charge is 0.268 e. The second-order valence-corrected chi connectivity index (χ2v) is 5.25. The summed E-state index contributed by atoms with van der Waals surface area (Å²) in [5.41, 5.74) is 0.532. The maximum atomic E-state index is 12.1. The highest BCUT2D eigenvalue weighted by Crippen LogP contribution is 2.14. The van der Waals surface area contributed by atoms with Gasteiger partial charge in [0.05, 0.1) is 17.7 Å². The van der Waals surface area contributed by atoms with Crippen LogP contribution >= 0.6 is 11.6 Å². The van der Waals surface area contributed by atoms with Gasteiger partial charge in [0, 0.05) is 12.7 Å². The fraction of sp³-hybridized carbons (Fsp3) is 0.615. The van der Waals surface area contributed by atoms with Gasteiger partial charge in [0.25, 0.3) is 5.91 Å². The van der Waals surface area contributed by atoms with Crippen molar-refractivity contribution in [1.82, 2.24) is 9.88 Å². The van der Waals surface area contributed by atoms with Crippen molar-refractivity contribution in [1.29, 1.82) is 0 Å². The van der Waals surface area contributed by atoms with Gasteiger partial charge in [-0.05, 0) is 25.3 Å². The predicted molar refractivity (Wildman–Crippen MR) is 72.9 cm³/mol. The quantitative estimate of drug-likeness (QED) is 0.835. The van der Waals surface area contributed by atoms with Crippen LogP contribution in [0.3, 0.4) is 0 Å². The molecule has 0 aromatic carbocycles. The fourth-order valence-corrected chi connectivity index (χ4v) is 2.16. The van der Waals surface area contributed by atoms with Gasteiger partial charge in [-0.25, -0.2) is 0 Å². The van der Waals surface area contributed by atoms with Crippen LogP contribution in [0.25, 0.3) is 0 Å². The van der Waals surface area contributed by atoms with Crippen molar-refractivity contribution in [2.24, 2.45) is 5.92 Å². The molecule has 0 saturated heterocycles. The van der Waals surface area contributed by atoms with Gasteiger partial charge in [0.15, 0.2) is 0 Å². The molecule has 2 N–H and O–H groups in total. The minimum absolute atomic E-state index is 0.0511. The van der Waals surface area contributed by atoms with Crippen molar-refractivity contribution in [3.63, 3.8) is 0 Å². The number of aliphatic hydroxyl groups is 1. The maximum absolute atomic E-state index is 12.1. The van der Waals surface area contributed by atoms with Crippen molar-refractivity contribution in [3.8, 4) is 0 Å². The molecule has 18 heavy (non-hydrogen) atoms. The highest BCUT2D eigenvalue weighted by atomic mass is 35.5. The second-order valence-electron chi connectivity index (χ2n) is 4.81. The summed E-state index contributed by atoms with van der Waals surface area (Å²) < 4.78 is 1.79. The summed E-state index contributed by atoms with van der Waals surface area (Å²) in [5.74, 6) is 0.229. The van der Waals surface area contributed by atoms with Crippen molar-refractivity contribution < 1.29 is 9.90 Å². The zero-order chi connectivity index (χ0) is 13.7. The molecule has 4 nitrogen and oxygen atoms in total. The lowest BCUT2D eigenvalue weighted by Crippen LogP contribution is -2.39. The first-order valence-corrected chi connectivity index (χ1v) is 6.63. The van der Waals surface area contributed by atoms with Gasteiger partial charge in [-0.2, -0.15) is 0 Å². The lowest BCUT2D eigenvalue weighted by molar-refractivity contribution is 0.0899. The van der Waals surface area contributed by atoms with E-state index in [9.17, 15) is 9.90 Å². The van der Waals surface area contributed by atoms with Crippen LogP contribution in [0.2, 0.25) is 5.02 Å². The Morgan fingerprint density at radius 3 is 2.72 bits per heavy atom. The van der Waals surface area contributed by atoms with Crippen LogP contribution in [0.5, 0.6) is 0 Å². The SMILES string of the molecule is CCn1cc(Cl)cc1C(=O)NC(CO)CC(C)C. The molecule has 1 atom stereocenters. The topological polar surface area (TPSA) is 54.3 Å². The van der Waals surface area contributed by atoms with E-state index >= 15 is 0 Å². The first kappa shape index (κ1) is 15.1. The monoisotopic (exact) mass is 272 g/mol. The molecule has 0 aliphatic heterocycles. The average Bonchev–Trinajstić information content (AvgIpc) is 2.69. The van der Waals surface area contributed by atoms with Crippen LogP contribution < -0.4 is 5.32 Å². The Labute approximate surface area is 113 Å². The van der Waals surface area contributed by atoms with Crippen LogP contribution in [0.4, 0.5) is 0 Å². The number of rotatable bonds is 6. The van der Waals surface area contributed by atoms with E-state index < -0.39 is 0 Å². The molecule has 0 fully saturated rings. The molecular formula is C13H21ClN2O2. The molecule has 0 aliphatic carbocycles. The summed E-state index contributed by atoms with van der Waals surface area (Å²) in [5, 5.41) is 12.6. The van der Waals surface area contributed by atoms with E-state index in [0.29, 0.717) is 23.2 Å². The molecule has 0 bridgehead atoms. The number of nitrogens with zero attached hydrogens (tertiary/aromatic N) is 1. The summed E-state index contributed by atoms with van der Waals surface area (Å²) in [6.45, 7) is 6.69. The molecule has 0 aliphatic rings. The Kier molecular flexibility index (Phi) is 5.69. The molecule has 1 aromatic heterocycles. The second kappa shape index (κ2) is 6.81. The van der Waals surface area contributed by atoms with Crippen LogP contribution in [0.1, 0.15) is 37.7 Å². The highest BCUT2D eigenvalue weighted by molar-refractivity contribution is 6.31. The summed E-state index contributed by atoms with van der Waals surface area (Å²) in [7, 11) is 0. The molecule has 0 spiro atoms. The van der Waals surface area contributed by atoms with Crippen molar-refractivity contribution in [2.75, 3.05) is 6.61 Å². The lowest BCUT2D eigenvalue weighted by Gasteiger charge is -2.18. The molecule has 1 heterocycles. The number of carbonyl (C=O) groups is 1. The number of nitrogens with one attached hydrogen (secondary N) is 1. The summed E-state index contributed by atoms with van der Waals surface area (Å²) in [4.78, 5) is 12.1. The maximum Gasteiger partial charge on any atom is 0.268 e. The van der Waals surface area contributed by atoms with Gasteiger partial charge in [-0.15, -0.1) is 0 Å². The number of halogens is 1. The summed E-state index contributed by atoms with van der Waals surface area (Å²) >= 11 is 5.89. The Bertz CT molecular complexity index is 402. The van der Waals surface area contributed by atoms with Crippen LogP contribution in [0.15, 0.2) is 12.3 Å². The predicted octanol–water partition coefficient (Wildman–Crippen LogP) is 2.30. The van der Waals surface area contributed by atoms with Crippen molar-refractivity contribution in [2.45, 2.75) is 39.8 Å². The van der Waals surface area contributed by atoms with Gasteiger partial charge in [0.2, 0.25) is 0 Å². The number of aryl methyl sites for hydroxylation is 1. The molecule has 1 aromatic rings. The minimum atomic E-state index is -0.212. The average molecular weight is 273 g/mol. The Balaban J connectivity index is 2.74. The van der Waals surface area contributed by atoms with Crippen LogP contribution in [0, 0.1) is 5.92 Å². The normalized spacial score (nSPS) is 12.8. The first-order chi connectivity index (χ1) is 8.47. The van der Waals surface area contributed by atoms with Crippen molar-refractivity contribution >= 4 is 17.5 Å². The van der Waals surface area contributed by atoms with E-state index in [1.54, 1.807) is 16.8 Å².